The van der Waals surface area contributed by atoms with Gasteiger partial charge in [-0.15, -0.1) is 0 Å². The molecule has 1 saturated carbocycles. The third-order valence-corrected chi connectivity index (χ3v) is 2.96. The molecule has 0 bridgehead atoms. The lowest BCUT2D eigenvalue weighted by Crippen LogP contribution is -2.11. The number of methoxy groups -OCH3 is 1. The number of rotatable bonds is 3. The fourth-order valence-electron chi connectivity index (χ4n) is 1.88. The van der Waals surface area contributed by atoms with Crippen LogP contribution in [0.5, 0.6) is 11.5 Å². The molecule has 0 atom stereocenters. The summed E-state index contributed by atoms with van der Waals surface area (Å²) >= 11 is 6.03. The van der Waals surface area contributed by atoms with Crippen molar-refractivity contribution in [2.45, 2.75) is 31.8 Å². The maximum atomic E-state index is 6.03. The molecule has 0 heterocycles. The molecule has 3 heteroatoms. The second-order valence-electron chi connectivity index (χ2n) is 3.71. The van der Waals surface area contributed by atoms with Gasteiger partial charge in [-0.25, -0.2) is 0 Å². The molecule has 0 amide bonds. The van der Waals surface area contributed by atoms with Gasteiger partial charge in [0.1, 0.15) is 0 Å². The first-order valence-corrected chi connectivity index (χ1v) is 5.60. The van der Waals surface area contributed by atoms with Gasteiger partial charge in [-0.1, -0.05) is 11.6 Å². The first kappa shape index (κ1) is 10.6. The summed E-state index contributed by atoms with van der Waals surface area (Å²) in [6.45, 7) is 0. The first-order chi connectivity index (χ1) is 7.31. The van der Waals surface area contributed by atoms with Crippen molar-refractivity contribution in [1.82, 2.24) is 0 Å². The number of hydrogen-bond donors (Lipinski definition) is 0. The average molecular weight is 226 g/mol. The highest BCUT2D eigenvalue weighted by Gasteiger charge is 2.19. The Hall–Kier alpha value is -0.890. The van der Waals surface area contributed by atoms with Crippen molar-refractivity contribution in [2.24, 2.45) is 0 Å². The fraction of sp³-hybridized carbons (Fsp3) is 0.500. The van der Waals surface area contributed by atoms with Gasteiger partial charge in [0.05, 0.1) is 18.2 Å². The van der Waals surface area contributed by atoms with Crippen LogP contribution in [0.25, 0.3) is 0 Å². The predicted octanol–water partition coefficient (Wildman–Crippen LogP) is 3.47. The second-order valence-corrected chi connectivity index (χ2v) is 4.09. The zero-order chi connectivity index (χ0) is 10.7. The molecule has 15 heavy (non-hydrogen) atoms. The number of hydrogen-bond acceptors (Lipinski definition) is 2. The summed E-state index contributed by atoms with van der Waals surface area (Å²) < 4.78 is 11.0. The Kier molecular flexibility index (Phi) is 3.37. The predicted molar refractivity (Wildman–Crippen MR) is 59.7 cm³/mol. The monoisotopic (exact) mass is 225 g/mol. The van der Waals surface area contributed by atoms with E-state index in [0.29, 0.717) is 16.5 Å². The van der Waals surface area contributed by atoms with Crippen LogP contribution in [0.1, 0.15) is 25.7 Å². The SMILES string of the molecule is COc1cc[c]c(Cl)c1OC1CCCC1. The summed E-state index contributed by atoms with van der Waals surface area (Å²) in [5, 5.41) is 0.501. The van der Waals surface area contributed by atoms with Gasteiger partial charge in [0.15, 0.2) is 11.5 Å². The van der Waals surface area contributed by atoms with Gasteiger partial charge in [-0.3, -0.25) is 0 Å². The molecule has 1 aromatic carbocycles. The summed E-state index contributed by atoms with van der Waals surface area (Å²) in [5.41, 5.74) is 0. The summed E-state index contributed by atoms with van der Waals surface area (Å²) in [4.78, 5) is 0. The van der Waals surface area contributed by atoms with Gasteiger partial charge in [-0.2, -0.15) is 0 Å². The fourth-order valence-corrected chi connectivity index (χ4v) is 2.08. The largest absolute Gasteiger partial charge is 0.493 e. The van der Waals surface area contributed by atoms with E-state index in [1.807, 2.05) is 6.07 Å². The molecular weight excluding hydrogens is 212 g/mol. The molecule has 0 N–H and O–H groups in total. The van der Waals surface area contributed by atoms with Gasteiger partial charge in [0, 0.05) is 6.07 Å². The van der Waals surface area contributed by atoms with Crippen LogP contribution in [0.4, 0.5) is 0 Å². The van der Waals surface area contributed by atoms with Crippen LogP contribution in [0.3, 0.4) is 0 Å². The Morgan fingerprint density at radius 1 is 1.40 bits per heavy atom. The number of halogens is 1. The average Bonchev–Trinajstić information content (AvgIpc) is 2.74. The van der Waals surface area contributed by atoms with Crippen molar-refractivity contribution >= 4 is 11.6 Å². The topological polar surface area (TPSA) is 18.5 Å². The third kappa shape index (κ3) is 2.37. The van der Waals surface area contributed by atoms with Crippen molar-refractivity contribution < 1.29 is 9.47 Å². The molecule has 1 aromatic rings. The van der Waals surface area contributed by atoms with Gasteiger partial charge < -0.3 is 9.47 Å². The molecule has 1 fully saturated rings. The molecule has 0 unspecified atom stereocenters. The highest BCUT2D eigenvalue weighted by molar-refractivity contribution is 6.32. The summed E-state index contributed by atoms with van der Waals surface area (Å²) in [6, 6.07) is 6.46. The van der Waals surface area contributed by atoms with Gasteiger partial charge in [-0.05, 0) is 37.8 Å². The standard InChI is InChI=1S/C12H14ClO2/c1-14-11-8-4-7-10(13)12(11)15-9-5-2-3-6-9/h4,8-9H,2-3,5-6H2,1H3. The molecule has 2 rings (SSSR count). The van der Waals surface area contributed by atoms with E-state index in [1.54, 1.807) is 13.2 Å². The van der Waals surface area contributed by atoms with Crippen LogP contribution < -0.4 is 9.47 Å². The minimum Gasteiger partial charge on any atom is -0.493 e. The van der Waals surface area contributed by atoms with Crippen LogP contribution in [0, 0.1) is 6.07 Å². The molecule has 0 aliphatic heterocycles. The zero-order valence-electron chi connectivity index (χ0n) is 8.75. The maximum absolute atomic E-state index is 6.03. The Bertz CT molecular complexity index is 332. The highest BCUT2D eigenvalue weighted by atomic mass is 35.5. The first-order valence-electron chi connectivity index (χ1n) is 5.22. The van der Waals surface area contributed by atoms with Crippen LogP contribution in [0.15, 0.2) is 12.1 Å². The number of ether oxygens (including phenoxy) is 2. The lowest BCUT2D eigenvalue weighted by atomic mass is 10.3. The van der Waals surface area contributed by atoms with Crippen molar-refractivity contribution in [1.29, 1.82) is 0 Å². The van der Waals surface area contributed by atoms with Crippen molar-refractivity contribution in [3.8, 4) is 11.5 Å². The van der Waals surface area contributed by atoms with E-state index in [4.69, 9.17) is 21.1 Å². The van der Waals surface area contributed by atoms with E-state index in [2.05, 4.69) is 6.07 Å². The molecule has 1 aliphatic rings. The number of benzene rings is 1. The van der Waals surface area contributed by atoms with Crippen molar-refractivity contribution in [2.75, 3.05) is 7.11 Å². The molecule has 0 saturated heterocycles. The lowest BCUT2D eigenvalue weighted by Gasteiger charge is -2.16. The minimum absolute atomic E-state index is 0.284. The molecule has 2 nitrogen and oxygen atoms in total. The smallest absolute Gasteiger partial charge is 0.180 e. The van der Waals surface area contributed by atoms with E-state index in [-0.39, 0.29) is 6.10 Å². The summed E-state index contributed by atoms with van der Waals surface area (Å²) in [7, 11) is 1.62. The molecular formula is C12H14ClO2. The quantitative estimate of drug-likeness (QED) is 0.784. The highest BCUT2D eigenvalue weighted by Crippen LogP contribution is 2.37. The van der Waals surface area contributed by atoms with E-state index < -0.39 is 0 Å². The van der Waals surface area contributed by atoms with Gasteiger partial charge in [0.2, 0.25) is 0 Å². The molecule has 0 aromatic heterocycles. The normalized spacial score (nSPS) is 16.7. The van der Waals surface area contributed by atoms with Crippen LogP contribution >= 0.6 is 11.6 Å². The van der Waals surface area contributed by atoms with E-state index in [0.717, 1.165) is 12.8 Å². The van der Waals surface area contributed by atoms with Crippen LogP contribution in [-0.2, 0) is 0 Å². The van der Waals surface area contributed by atoms with Gasteiger partial charge in [0.25, 0.3) is 0 Å². The molecule has 1 radical (unpaired) electrons. The van der Waals surface area contributed by atoms with Gasteiger partial charge >= 0.3 is 0 Å². The molecule has 1 aliphatic carbocycles. The van der Waals surface area contributed by atoms with Crippen molar-refractivity contribution in [3.05, 3.63) is 23.2 Å². The molecule has 81 valence electrons. The summed E-state index contributed by atoms with van der Waals surface area (Å²) in [6.07, 6.45) is 4.97. The van der Waals surface area contributed by atoms with E-state index in [9.17, 15) is 0 Å². The Morgan fingerprint density at radius 3 is 2.80 bits per heavy atom. The zero-order valence-corrected chi connectivity index (χ0v) is 9.51. The summed E-state index contributed by atoms with van der Waals surface area (Å²) in [5.74, 6) is 1.32. The van der Waals surface area contributed by atoms with E-state index in [1.165, 1.54) is 12.8 Å². The third-order valence-electron chi connectivity index (χ3n) is 2.67. The Balaban J connectivity index is 2.17. The maximum Gasteiger partial charge on any atom is 0.180 e. The van der Waals surface area contributed by atoms with Crippen molar-refractivity contribution in [3.63, 3.8) is 0 Å². The van der Waals surface area contributed by atoms with Crippen LogP contribution in [0.2, 0.25) is 5.02 Å². The lowest BCUT2D eigenvalue weighted by molar-refractivity contribution is 0.201. The van der Waals surface area contributed by atoms with E-state index >= 15 is 0 Å². The molecule has 0 spiro atoms. The minimum atomic E-state index is 0.284. The second kappa shape index (κ2) is 4.75. The van der Waals surface area contributed by atoms with Crippen LogP contribution in [-0.4, -0.2) is 13.2 Å². The Morgan fingerprint density at radius 2 is 2.13 bits per heavy atom. The Labute approximate surface area is 95.1 Å².